The molecule has 3 aromatic rings. The van der Waals surface area contributed by atoms with Crippen molar-refractivity contribution in [2.24, 2.45) is 0 Å². The number of Topliss-reactive ketones (excluding diaryl/α,β-unsaturated/α-hetero) is 1. The third kappa shape index (κ3) is 1.75. The minimum atomic E-state index is 0.171. The second-order valence-electron chi connectivity index (χ2n) is 5.15. The lowest BCUT2D eigenvalue weighted by molar-refractivity contribution is -0.112. The lowest BCUT2D eigenvalue weighted by atomic mass is 9.98. The fraction of sp³-hybridized carbons (Fsp3) is 0.0556. The van der Waals surface area contributed by atoms with E-state index in [1.807, 2.05) is 18.2 Å². The fourth-order valence-electron chi connectivity index (χ4n) is 2.86. The van der Waals surface area contributed by atoms with E-state index in [1.54, 1.807) is 6.08 Å². The van der Waals surface area contributed by atoms with E-state index in [4.69, 9.17) is 11.6 Å². The summed E-state index contributed by atoms with van der Waals surface area (Å²) in [6, 6.07) is 14.4. The summed E-state index contributed by atoms with van der Waals surface area (Å²) >= 11 is 6.05. The van der Waals surface area contributed by atoms with Crippen LogP contribution in [0.4, 0.5) is 0 Å². The van der Waals surface area contributed by atoms with Crippen molar-refractivity contribution in [3.05, 3.63) is 57.9 Å². The van der Waals surface area contributed by atoms with Gasteiger partial charge < -0.3 is 0 Å². The van der Waals surface area contributed by atoms with Crippen LogP contribution in [0, 0.1) is 0 Å². The number of hydrogen-bond donors (Lipinski definition) is 0. The second-order valence-corrected chi connectivity index (χ2v) is 5.59. The predicted molar refractivity (Wildman–Crippen MR) is 84.3 cm³/mol. The van der Waals surface area contributed by atoms with Gasteiger partial charge in [0.25, 0.3) is 0 Å². The molecule has 0 N–H and O–H groups in total. The van der Waals surface area contributed by atoms with Crippen LogP contribution in [0.1, 0.15) is 6.42 Å². The number of fused-ring (bicyclic) bond motifs is 4. The molecule has 0 unspecified atom stereocenters. The molecule has 0 saturated carbocycles. The molecular formula is C18H11ClO. The summed E-state index contributed by atoms with van der Waals surface area (Å²) in [7, 11) is 0. The molecule has 0 aliphatic heterocycles. The largest absolute Gasteiger partial charge is 0.294 e. The Kier molecular flexibility index (Phi) is 2.45. The van der Waals surface area contributed by atoms with E-state index in [2.05, 4.69) is 30.3 Å². The first-order valence-corrected chi connectivity index (χ1v) is 6.95. The van der Waals surface area contributed by atoms with E-state index in [0.29, 0.717) is 6.42 Å². The summed E-state index contributed by atoms with van der Waals surface area (Å²) in [6.07, 6.45) is 4.24. The number of carbonyl (C=O) groups is 1. The van der Waals surface area contributed by atoms with Crippen LogP contribution in [-0.2, 0) is 4.79 Å². The lowest BCUT2D eigenvalue weighted by Gasteiger charge is -2.07. The van der Waals surface area contributed by atoms with Crippen LogP contribution in [0.3, 0.4) is 0 Å². The van der Waals surface area contributed by atoms with Gasteiger partial charge in [-0.1, -0.05) is 35.9 Å². The predicted octanol–water partition coefficient (Wildman–Crippen LogP) is 3.18. The van der Waals surface area contributed by atoms with Gasteiger partial charge in [0.1, 0.15) is 0 Å². The summed E-state index contributed by atoms with van der Waals surface area (Å²) < 4.78 is 0. The first-order chi connectivity index (χ1) is 9.70. The van der Waals surface area contributed by atoms with Gasteiger partial charge in [-0.15, -0.1) is 0 Å². The molecule has 0 fully saturated rings. The average molecular weight is 279 g/mol. The van der Waals surface area contributed by atoms with Gasteiger partial charge in [0, 0.05) is 11.4 Å². The van der Waals surface area contributed by atoms with E-state index in [-0.39, 0.29) is 5.78 Å². The van der Waals surface area contributed by atoms with Gasteiger partial charge >= 0.3 is 0 Å². The highest BCUT2D eigenvalue weighted by atomic mass is 35.5. The maximum Gasteiger partial charge on any atom is 0.160 e. The molecule has 1 aliphatic rings. The lowest BCUT2D eigenvalue weighted by Crippen LogP contribution is -2.28. The van der Waals surface area contributed by atoms with Crippen LogP contribution < -0.4 is 10.4 Å². The molecule has 0 saturated heterocycles. The number of hydrogen-bond acceptors (Lipinski definition) is 1. The van der Waals surface area contributed by atoms with E-state index in [1.165, 1.54) is 10.8 Å². The van der Waals surface area contributed by atoms with Gasteiger partial charge in [-0.05, 0) is 62.3 Å². The molecule has 1 nitrogen and oxygen atoms in total. The molecular weight excluding hydrogens is 268 g/mol. The van der Waals surface area contributed by atoms with Crippen molar-refractivity contribution in [1.29, 1.82) is 0 Å². The minimum absolute atomic E-state index is 0.171. The normalized spacial score (nSPS) is 13.9. The average Bonchev–Trinajstić information content (AvgIpc) is 2.44. The van der Waals surface area contributed by atoms with Crippen molar-refractivity contribution < 1.29 is 4.79 Å². The highest BCUT2D eigenvalue weighted by molar-refractivity contribution is 6.31. The monoisotopic (exact) mass is 278 g/mol. The quantitative estimate of drug-likeness (QED) is 0.577. The summed E-state index contributed by atoms with van der Waals surface area (Å²) in [5.74, 6) is 0.171. The van der Waals surface area contributed by atoms with Crippen LogP contribution in [0.15, 0.2) is 42.5 Å². The molecule has 0 aromatic heterocycles. The topological polar surface area (TPSA) is 17.1 Å². The van der Waals surface area contributed by atoms with E-state index in [9.17, 15) is 4.79 Å². The molecule has 20 heavy (non-hydrogen) atoms. The summed E-state index contributed by atoms with van der Waals surface area (Å²) in [4.78, 5) is 11.5. The molecule has 0 amide bonds. The summed E-state index contributed by atoms with van der Waals surface area (Å²) in [5.41, 5.74) is 0. The van der Waals surface area contributed by atoms with Crippen molar-refractivity contribution in [2.75, 3.05) is 0 Å². The molecule has 3 aromatic carbocycles. The van der Waals surface area contributed by atoms with Crippen molar-refractivity contribution in [3.63, 3.8) is 0 Å². The van der Waals surface area contributed by atoms with E-state index >= 15 is 0 Å². The van der Waals surface area contributed by atoms with Crippen LogP contribution in [-0.4, -0.2) is 5.78 Å². The van der Waals surface area contributed by atoms with E-state index < -0.39 is 0 Å². The van der Waals surface area contributed by atoms with Crippen molar-refractivity contribution in [3.8, 4) is 0 Å². The van der Waals surface area contributed by atoms with Crippen molar-refractivity contribution >= 4 is 51.1 Å². The molecule has 0 spiro atoms. The van der Waals surface area contributed by atoms with Crippen molar-refractivity contribution in [2.45, 2.75) is 6.42 Å². The smallest absolute Gasteiger partial charge is 0.160 e. The molecule has 0 radical (unpaired) electrons. The Balaban J connectivity index is 2.19. The number of rotatable bonds is 0. The zero-order valence-electron chi connectivity index (χ0n) is 10.7. The first-order valence-electron chi connectivity index (χ1n) is 6.57. The molecule has 4 rings (SSSR count). The Morgan fingerprint density at radius 1 is 0.850 bits per heavy atom. The number of halogens is 1. The Bertz CT molecular complexity index is 999. The molecule has 0 heterocycles. The number of carbonyl (C=O) groups excluding carboxylic acids is 1. The van der Waals surface area contributed by atoms with Crippen LogP contribution >= 0.6 is 11.6 Å². The van der Waals surface area contributed by atoms with Gasteiger partial charge in [-0.2, -0.15) is 0 Å². The number of ketones is 1. The van der Waals surface area contributed by atoms with Gasteiger partial charge in [0.05, 0.1) is 0 Å². The number of benzene rings is 3. The molecule has 1 aliphatic carbocycles. The van der Waals surface area contributed by atoms with Gasteiger partial charge in [-0.3, -0.25) is 4.79 Å². The van der Waals surface area contributed by atoms with Crippen LogP contribution in [0.2, 0.25) is 5.02 Å². The third-order valence-electron chi connectivity index (χ3n) is 3.84. The van der Waals surface area contributed by atoms with Crippen molar-refractivity contribution in [1.82, 2.24) is 0 Å². The zero-order chi connectivity index (χ0) is 13.7. The maximum absolute atomic E-state index is 11.5. The van der Waals surface area contributed by atoms with Gasteiger partial charge in [-0.25, -0.2) is 0 Å². The van der Waals surface area contributed by atoms with Gasteiger partial charge in [0.15, 0.2) is 5.78 Å². The minimum Gasteiger partial charge on any atom is -0.294 e. The molecule has 96 valence electrons. The highest BCUT2D eigenvalue weighted by Crippen LogP contribution is 2.26. The third-order valence-corrected chi connectivity index (χ3v) is 4.08. The standard InChI is InChI=1S/C18H11ClO/c19-15-4-6-17-13(8-15)2-1-12-7-14-9-16(20)5-3-11(14)10-18(12)17/h1-4,6-10H,5H2. The fourth-order valence-corrected chi connectivity index (χ4v) is 3.04. The second kappa shape index (κ2) is 4.19. The zero-order valence-corrected chi connectivity index (χ0v) is 11.4. The van der Waals surface area contributed by atoms with Crippen LogP contribution in [0.5, 0.6) is 0 Å². The molecule has 2 heteroatoms. The molecule has 0 atom stereocenters. The first kappa shape index (κ1) is 11.7. The SMILES string of the molecule is O=C1C=c2cc3ccc4cc(Cl)ccc4c3cc2=CC1. The highest BCUT2D eigenvalue weighted by Gasteiger charge is 2.05. The Labute approximate surface area is 120 Å². The van der Waals surface area contributed by atoms with E-state index in [0.717, 1.165) is 26.2 Å². The van der Waals surface area contributed by atoms with Gasteiger partial charge in [0.2, 0.25) is 0 Å². The maximum atomic E-state index is 11.5. The summed E-state index contributed by atoms with van der Waals surface area (Å²) in [5, 5.41) is 7.59. The Morgan fingerprint density at radius 2 is 1.65 bits per heavy atom. The Morgan fingerprint density at radius 3 is 2.50 bits per heavy atom. The molecule has 0 bridgehead atoms. The Hall–Kier alpha value is -2.12. The van der Waals surface area contributed by atoms with Crippen LogP contribution in [0.25, 0.3) is 33.7 Å². The summed E-state index contributed by atoms with van der Waals surface area (Å²) in [6.45, 7) is 0.